The van der Waals surface area contributed by atoms with Crippen LogP contribution >= 0.6 is 0 Å². The van der Waals surface area contributed by atoms with E-state index in [9.17, 15) is 9.59 Å². The van der Waals surface area contributed by atoms with Crippen LogP contribution in [0.25, 0.3) is 5.70 Å². The average molecular weight is 390 g/mol. The molecular weight excluding hydrogens is 364 g/mol. The van der Waals surface area contributed by atoms with Gasteiger partial charge in [-0.3, -0.25) is 9.59 Å². The molecule has 2 N–H and O–H groups in total. The Morgan fingerprint density at radius 2 is 1.97 bits per heavy atom. The minimum Gasteiger partial charge on any atom is -0.497 e. The van der Waals surface area contributed by atoms with Crippen molar-refractivity contribution in [1.29, 1.82) is 0 Å². The number of ether oxygens (including phenoxy) is 1. The summed E-state index contributed by atoms with van der Waals surface area (Å²) in [5, 5.41) is 6.39. The van der Waals surface area contributed by atoms with Crippen molar-refractivity contribution in [3.63, 3.8) is 0 Å². The van der Waals surface area contributed by atoms with Crippen molar-refractivity contribution in [2.75, 3.05) is 12.4 Å². The van der Waals surface area contributed by atoms with Crippen LogP contribution in [0.4, 0.5) is 5.69 Å². The molecule has 2 aliphatic rings. The lowest BCUT2D eigenvalue weighted by atomic mass is 9.85. The molecule has 1 aliphatic heterocycles. The second-order valence-corrected chi connectivity index (χ2v) is 8.48. The molecule has 1 aliphatic carbocycles. The standard InChI is InChI=1S/C24H26N2O3/c1-24(2)14-17-9-10-19(29-3)12-20(17)21(26-24)13-22(27)16-5-4-6-18(11-16)25-23(28)15-7-8-15/h4-6,9-13,15,26H,7-8,14H2,1-3H3,(H,25,28). The van der Waals surface area contributed by atoms with E-state index < -0.39 is 0 Å². The van der Waals surface area contributed by atoms with E-state index in [1.165, 1.54) is 5.56 Å². The third kappa shape index (κ3) is 4.34. The predicted molar refractivity (Wildman–Crippen MR) is 114 cm³/mol. The quantitative estimate of drug-likeness (QED) is 0.593. The van der Waals surface area contributed by atoms with Crippen LogP contribution in [-0.2, 0) is 11.2 Å². The van der Waals surface area contributed by atoms with Gasteiger partial charge in [-0.05, 0) is 62.9 Å². The van der Waals surface area contributed by atoms with Gasteiger partial charge in [-0.25, -0.2) is 0 Å². The smallest absolute Gasteiger partial charge is 0.227 e. The number of amides is 1. The van der Waals surface area contributed by atoms with Gasteiger partial charge in [0.15, 0.2) is 5.78 Å². The summed E-state index contributed by atoms with van der Waals surface area (Å²) < 4.78 is 5.37. The lowest BCUT2D eigenvalue weighted by molar-refractivity contribution is -0.117. The number of allylic oxidation sites excluding steroid dienone is 1. The topological polar surface area (TPSA) is 67.4 Å². The molecule has 5 nitrogen and oxygen atoms in total. The molecule has 4 rings (SSSR count). The molecule has 0 bridgehead atoms. The Bertz CT molecular complexity index is 1000. The van der Waals surface area contributed by atoms with Gasteiger partial charge in [0, 0.05) is 40.0 Å². The number of carbonyl (C=O) groups is 2. The fourth-order valence-corrected chi connectivity index (χ4v) is 3.71. The Kier molecular flexibility index (Phi) is 4.91. The van der Waals surface area contributed by atoms with E-state index in [1.54, 1.807) is 31.4 Å². The maximum atomic E-state index is 13.0. The summed E-state index contributed by atoms with van der Waals surface area (Å²) in [4.78, 5) is 25.0. The van der Waals surface area contributed by atoms with Crippen molar-refractivity contribution < 1.29 is 14.3 Å². The number of carbonyl (C=O) groups excluding carboxylic acids is 2. The molecule has 150 valence electrons. The molecule has 1 fully saturated rings. The fraction of sp³-hybridized carbons (Fsp3) is 0.333. The van der Waals surface area contributed by atoms with E-state index >= 15 is 0 Å². The van der Waals surface area contributed by atoms with Crippen molar-refractivity contribution in [2.24, 2.45) is 5.92 Å². The molecule has 1 heterocycles. The van der Waals surface area contributed by atoms with E-state index in [2.05, 4.69) is 30.5 Å². The van der Waals surface area contributed by atoms with Gasteiger partial charge in [0.05, 0.1) is 7.11 Å². The lowest BCUT2D eigenvalue weighted by Gasteiger charge is -2.35. The first kappa shape index (κ1) is 19.2. The van der Waals surface area contributed by atoms with Crippen molar-refractivity contribution in [1.82, 2.24) is 5.32 Å². The van der Waals surface area contributed by atoms with Gasteiger partial charge in [0.25, 0.3) is 0 Å². The van der Waals surface area contributed by atoms with Crippen molar-refractivity contribution >= 4 is 23.1 Å². The molecule has 5 heteroatoms. The third-order valence-electron chi connectivity index (χ3n) is 5.35. The number of nitrogens with one attached hydrogen (secondary N) is 2. The Morgan fingerprint density at radius 3 is 2.69 bits per heavy atom. The number of rotatable bonds is 5. The molecule has 1 saturated carbocycles. The van der Waals surface area contributed by atoms with Gasteiger partial charge in [-0.15, -0.1) is 0 Å². The van der Waals surface area contributed by atoms with Crippen molar-refractivity contribution in [2.45, 2.75) is 38.6 Å². The molecule has 1 amide bonds. The maximum absolute atomic E-state index is 13.0. The third-order valence-corrected chi connectivity index (χ3v) is 5.35. The molecular formula is C24H26N2O3. The highest BCUT2D eigenvalue weighted by Crippen LogP contribution is 2.33. The first-order chi connectivity index (χ1) is 13.8. The summed E-state index contributed by atoms with van der Waals surface area (Å²) in [6.45, 7) is 4.24. The first-order valence-electron chi connectivity index (χ1n) is 9.97. The number of fused-ring (bicyclic) bond motifs is 1. The van der Waals surface area contributed by atoms with Crippen LogP contribution in [0.1, 0.15) is 48.2 Å². The van der Waals surface area contributed by atoms with Crippen LogP contribution in [0.5, 0.6) is 5.75 Å². The zero-order chi connectivity index (χ0) is 20.6. The Labute approximate surface area is 171 Å². The lowest BCUT2D eigenvalue weighted by Crippen LogP contribution is -2.43. The largest absolute Gasteiger partial charge is 0.497 e. The molecule has 29 heavy (non-hydrogen) atoms. The van der Waals surface area contributed by atoms with E-state index in [1.807, 2.05) is 18.2 Å². The maximum Gasteiger partial charge on any atom is 0.227 e. The van der Waals surface area contributed by atoms with Crippen LogP contribution in [0, 0.1) is 5.92 Å². The minimum absolute atomic E-state index is 0.0321. The molecule has 0 spiro atoms. The van der Waals surface area contributed by atoms with Crippen LogP contribution < -0.4 is 15.4 Å². The summed E-state index contributed by atoms with van der Waals surface area (Å²) in [5.74, 6) is 0.802. The highest BCUT2D eigenvalue weighted by Gasteiger charge is 2.30. The van der Waals surface area contributed by atoms with Crippen LogP contribution in [0.2, 0.25) is 0 Å². The van der Waals surface area contributed by atoms with Crippen LogP contribution in [0.3, 0.4) is 0 Å². The van der Waals surface area contributed by atoms with Crippen molar-refractivity contribution in [3.8, 4) is 5.75 Å². The Balaban J connectivity index is 1.63. The summed E-state index contributed by atoms with van der Waals surface area (Å²) in [6.07, 6.45) is 4.39. The number of hydrogen-bond donors (Lipinski definition) is 2. The zero-order valence-electron chi connectivity index (χ0n) is 17.0. The van der Waals surface area contributed by atoms with E-state index in [0.29, 0.717) is 11.3 Å². The number of ketones is 1. The van der Waals surface area contributed by atoms with E-state index in [0.717, 1.165) is 36.3 Å². The highest BCUT2D eigenvalue weighted by atomic mass is 16.5. The monoisotopic (exact) mass is 390 g/mol. The number of benzene rings is 2. The van der Waals surface area contributed by atoms with Gasteiger partial charge in [0.2, 0.25) is 5.91 Å². The fourth-order valence-electron chi connectivity index (χ4n) is 3.71. The van der Waals surface area contributed by atoms with Gasteiger partial charge in [-0.1, -0.05) is 18.2 Å². The van der Waals surface area contributed by atoms with E-state index in [-0.39, 0.29) is 23.1 Å². The molecule has 2 aromatic carbocycles. The Hall–Kier alpha value is -3.08. The second-order valence-electron chi connectivity index (χ2n) is 8.48. The SMILES string of the molecule is COc1ccc2c(c1)C(=CC(=O)c1cccc(NC(=O)C3CC3)c1)NC(C)(C)C2. The number of methoxy groups -OCH3 is 1. The summed E-state index contributed by atoms with van der Waals surface area (Å²) in [5.41, 5.74) is 3.99. The van der Waals surface area contributed by atoms with Gasteiger partial charge in [0.1, 0.15) is 5.75 Å². The predicted octanol–water partition coefficient (Wildman–Crippen LogP) is 4.19. The zero-order valence-corrected chi connectivity index (χ0v) is 17.0. The molecule has 0 unspecified atom stereocenters. The summed E-state index contributed by atoms with van der Waals surface area (Å²) >= 11 is 0. The second kappa shape index (κ2) is 7.39. The molecule has 0 radical (unpaired) electrons. The highest BCUT2D eigenvalue weighted by molar-refractivity contribution is 6.09. The van der Waals surface area contributed by atoms with Crippen LogP contribution in [0.15, 0.2) is 48.5 Å². The molecule has 0 aromatic heterocycles. The minimum atomic E-state index is -0.159. The van der Waals surface area contributed by atoms with Crippen molar-refractivity contribution in [3.05, 3.63) is 65.2 Å². The number of hydrogen-bond acceptors (Lipinski definition) is 4. The Morgan fingerprint density at radius 1 is 1.17 bits per heavy atom. The van der Waals surface area contributed by atoms with Gasteiger partial charge < -0.3 is 15.4 Å². The molecule has 0 saturated heterocycles. The summed E-state index contributed by atoms with van der Waals surface area (Å²) in [6, 6.07) is 13.1. The van der Waals surface area contributed by atoms with E-state index in [4.69, 9.17) is 4.74 Å². The number of anilines is 1. The summed E-state index contributed by atoms with van der Waals surface area (Å²) in [7, 11) is 1.64. The average Bonchev–Trinajstić information content (AvgIpc) is 3.52. The van der Waals surface area contributed by atoms with Gasteiger partial charge in [-0.2, -0.15) is 0 Å². The molecule has 0 atom stereocenters. The van der Waals surface area contributed by atoms with Gasteiger partial charge >= 0.3 is 0 Å². The normalized spacial score (nSPS) is 18.5. The first-order valence-corrected chi connectivity index (χ1v) is 9.97. The molecule has 2 aromatic rings. The van der Waals surface area contributed by atoms with Crippen LogP contribution in [-0.4, -0.2) is 24.3 Å².